The Kier molecular flexibility index (Phi) is 6.87. The maximum absolute atomic E-state index is 15.0. The molecule has 5 heterocycles. The minimum atomic E-state index is -0.794. The summed E-state index contributed by atoms with van der Waals surface area (Å²) in [5.74, 6) is -1.16. The first kappa shape index (κ1) is 24.5. The van der Waals surface area contributed by atoms with E-state index in [0.29, 0.717) is 43.5 Å². The molecule has 36 heavy (non-hydrogen) atoms. The van der Waals surface area contributed by atoms with Gasteiger partial charge < -0.3 is 14.4 Å². The minimum Gasteiger partial charge on any atom is -0.494 e. The molecule has 12 heteroatoms. The van der Waals surface area contributed by atoms with E-state index in [1.54, 1.807) is 13.0 Å². The summed E-state index contributed by atoms with van der Waals surface area (Å²) < 4.78 is 25.7. The van der Waals surface area contributed by atoms with Gasteiger partial charge >= 0.3 is 0 Å². The van der Waals surface area contributed by atoms with Crippen molar-refractivity contribution in [2.24, 2.45) is 5.92 Å². The second-order valence-corrected chi connectivity index (χ2v) is 10.0. The van der Waals surface area contributed by atoms with E-state index in [-0.39, 0.29) is 39.4 Å². The Morgan fingerprint density at radius 3 is 2.92 bits per heavy atom. The van der Waals surface area contributed by atoms with Crippen molar-refractivity contribution in [2.45, 2.75) is 26.3 Å². The summed E-state index contributed by atoms with van der Waals surface area (Å²) in [6.45, 7) is 3.84. The number of nitrogens with zero attached hydrogens (tertiary/aromatic N) is 4. The topological polar surface area (TPSA) is 107 Å². The third-order valence-corrected chi connectivity index (χ3v) is 7.52. The number of hydrogen-bond donors (Lipinski definition) is 1. The van der Waals surface area contributed by atoms with E-state index >= 15 is 4.39 Å². The number of carbonyl (C=O) groups excluding carboxylic acids is 2. The van der Waals surface area contributed by atoms with Crippen LogP contribution in [0.5, 0.6) is 5.75 Å². The number of anilines is 1. The first-order valence-corrected chi connectivity index (χ1v) is 12.6. The quantitative estimate of drug-likeness (QED) is 0.498. The molecule has 2 amide bonds. The van der Waals surface area contributed by atoms with Gasteiger partial charge in [0.2, 0.25) is 5.91 Å². The highest BCUT2D eigenvalue weighted by molar-refractivity contribution is 7.15. The summed E-state index contributed by atoms with van der Waals surface area (Å²) in [5.41, 5.74) is 1.87. The molecular weight excluding hydrogens is 509 g/mol. The van der Waals surface area contributed by atoms with Crippen LogP contribution in [0.15, 0.2) is 18.5 Å². The third kappa shape index (κ3) is 4.65. The lowest BCUT2D eigenvalue weighted by atomic mass is 10.00. The third-order valence-electron chi connectivity index (χ3n) is 6.26. The standard InChI is InChI=1S/C24H23ClFN5O4S/c1-12-7-14(19-17(34-2)9-28-21(25)20(19)26)15(8-27-12)22(32)30-24-29-16-3-5-31(10-18(16)36-24)23(33)13-4-6-35-11-13/h7-9,13H,3-6,10-11H2,1-2H3,(H,29,30,32). The van der Waals surface area contributed by atoms with Crippen LogP contribution in [0, 0.1) is 18.7 Å². The van der Waals surface area contributed by atoms with E-state index in [1.165, 1.54) is 30.8 Å². The summed E-state index contributed by atoms with van der Waals surface area (Å²) in [6.07, 6.45) is 4.03. The van der Waals surface area contributed by atoms with Gasteiger partial charge in [0.05, 0.1) is 49.2 Å². The number of amides is 2. The normalized spacial score (nSPS) is 17.1. The maximum Gasteiger partial charge on any atom is 0.259 e. The van der Waals surface area contributed by atoms with Crippen molar-refractivity contribution in [1.82, 2.24) is 19.9 Å². The molecule has 1 unspecified atom stereocenters. The van der Waals surface area contributed by atoms with Crippen molar-refractivity contribution in [3.63, 3.8) is 0 Å². The molecule has 2 aliphatic rings. The van der Waals surface area contributed by atoms with Gasteiger partial charge in [0, 0.05) is 41.9 Å². The second-order valence-electron chi connectivity index (χ2n) is 8.59. The zero-order chi connectivity index (χ0) is 25.4. The maximum atomic E-state index is 15.0. The number of rotatable bonds is 5. The molecule has 0 saturated carbocycles. The molecule has 1 fully saturated rings. The van der Waals surface area contributed by atoms with Gasteiger partial charge in [-0.3, -0.25) is 19.9 Å². The molecule has 0 bridgehead atoms. The fraction of sp³-hybridized carbons (Fsp3) is 0.375. The zero-order valence-corrected chi connectivity index (χ0v) is 21.2. The molecular formula is C24H23ClFN5O4S. The molecule has 1 N–H and O–H groups in total. The second kappa shape index (κ2) is 10.1. The zero-order valence-electron chi connectivity index (χ0n) is 19.6. The summed E-state index contributed by atoms with van der Waals surface area (Å²) >= 11 is 7.25. The molecule has 5 rings (SSSR count). The van der Waals surface area contributed by atoms with E-state index in [0.717, 1.165) is 17.0 Å². The molecule has 188 valence electrons. The van der Waals surface area contributed by atoms with E-state index in [2.05, 4.69) is 20.3 Å². The lowest BCUT2D eigenvalue weighted by Crippen LogP contribution is -2.39. The Labute approximate surface area is 215 Å². The van der Waals surface area contributed by atoms with Gasteiger partial charge in [0.1, 0.15) is 5.75 Å². The number of fused-ring (bicyclic) bond motifs is 1. The van der Waals surface area contributed by atoms with E-state index in [1.807, 2.05) is 4.90 Å². The Hall–Kier alpha value is -3.15. The number of thiazole rings is 1. The van der Waals surface area contributed by atoms with E-state index < -0.39 is 11.7 Å². The van der Waals surface area contributed by atoms with Gasteiger partial charge in [-0.2, -0.15) is 0 Å². The highest BCUT2D eigenvalue weighted by atomic mass is 35.5. The van der Waals surface area contributed by atoms with Crippen LogP contribution in [0.1, 0.15) is 33.0 Å². The van der Waals surface area contributed by atoms with Crippen LogP contribution >= 0.6 is 22.9 Å². The summed E-state index contributed by atoms with van der Waals surface area (Å²) in [4.78, 5) is 41.4. The summed E-state index contributed by atoms with van der Waals surface area (Å²) in [6, 6.07) is 1.59. The molecule has 1 saturated heterocycles. The predicted molar refractivity (Wildman–Crippen MR) is 132 cm³/mol. The number of methoxy groups -OCH3 is 1. The highest BCUT2D eigenvalue weighted by Crippen LogP contribution is 2.37. The Morgan fingerprint density at radius 1 is 1.33 bits per heavy atom. The van der Waals surface area contributed by atoms with Crippen LogP contribution in [-0.4, -0.2) is 58.5 Å². The van der Waals surface area contributed by atoms with Crippen LogP contribution < -0.4 is 10.1 Å². The van der Waals surface area contributed by atoms with Crippen LogP contribution in [0.3, 0.4) is 0 Å². The van der Waals surface area contributed by atoms with Gasteiger partial charge in [0.25, 0.3) is 5.91 Å². The largest absolute Gasteiger partial charge is 0.494 e. The van der Waals surface area contributed by atoms with Crippen molar-refractivity contribution in [2.75, 3.05) is 32.2 Å². The SMILES string of the molecule is COc1cnc(Cl)c(F)c1-c1cc(C)ncc1C(=O)Nc1nc2c(s1)CN(C(=O)C1CCOC1)CC2. The number of hydrogen-bond acceptors (Lipinski definition) is 8. The smallest absolute Gasteiger partial charge is 0.259 e. The summed E-state index contributed by atoms with van der Waals surface area (Å²) in [7, 11) is 1.38. The molecule has 0 spiro atoms. The van der Waals surface area contributed by atoms with Gasteiger partial charge in [-0.05, 0) is 19.4 Å². The fourth-order valence-electron chi connectivity index (χ4n) is 4.39. The fourth-order valence-corrected chi connectivity index (χ4v) is 5.55. The molecule has 0 aliphatic carbocycles. The number of halogens is 2. The molecule has 1 atom stereocenters. The van der Waals surface area contributed by atoms with Crippen LogP contribution in [0.4, 0.5) is 9.52 Å². The van der Waals surface area contributed by atoms with Crippen molar-refractivity contribution in [1.29, 1.82) is 0 Å². The van der Waals surface area contributed by atoms with Gasteiger partial charge in [-0.25, -0.2) is 14.4 Å². The van der Waals surface area contributed by atoms with Gasteiger partial charge in [-0.15, -0.1) is 0 Å². The van der Waals surface area contributed by atoms with Gasteiger partial charge in [-0.1, -0.05) is 22.9 Å². The van der Waals surface area contributed by atoms with Crippen LogP contribution in [0.25, 0.3) is 11.1 Å². The van der Waals surface area contributed by atoms with Crippen molar-refractivity contribution < 1.29 is 23.5 Å². The number of aryl methyl sites for hydroxylation is 1. The number of nitrogens with one attached hydrogen (secondary N) is 1. The Bertz CT molecular complexity index is 1340. The monoisotopic (exact) mass is 531 g/mol. The lowest BCUT2D eigenvalue weighted by molar-refractivity contribution is -0.136. The first-order chi connectivity index (χ1) is 17.4. The predicted octanol–water partition coefficient (Wildman–Crippen LogP) is 3.88. The van der Waals surface area contributed by atoms with Crippen LogP contribution in [-0.2, 0) is 22.5 Å². The Balaban J connectivity index is 1.40. The van der Waals surface area contributed by atoms with Crippen molar-refractivity contribution >= 4 is 39.9 Å². The molecule has 9 nitrogen and oxygen atoms in total. The Morgan fingerprint density at radius 2 is 2.17 bits per heavy atom. The van der Waals surface area contributed by atoms with Crippen LogP contribution in [0.2, 0.25) is 5.15 Å². The molecule has 2 aliphatic heterocycles. The average molecular weight is 532 g/mol. The number of pyridine rings is 2. The first-order valence-electron chi connectivity index (χ1n) is 11.4. The minimum absolute atomic E-state index is 0.0247. The average Bonchev–Trinajstić information content (AvgIpc) is 3.54. The summed E-state index contributed by atoms with van der Waals surface area (Å²) in [5, 5.41) is 2.88. The van der Waals surface area contributed by atoms with E-state index in [9.17, 15) is 9.59 Å². The molecule has 0 aromatic carbocycles. The molecule has 3 aromatic rings. The van der Waals surface area contributed by atoms with Crippen molar-refractivity contribution in [3.05, 3.63) is 51.3 Å². The molecule has 0 radical (unpaired) electrons. The van der Waals surface area contributed by atoms with Crippen molar-refractivity contribution in [3.8, 4) is 16.9 Å². The van der Waals surface area contributed by atoms with Gasteiger partial charge in [0.15, 0.2) is 16.1 Å². The lowest BCUT2D eigenvalue weighted by Gasteiger charge is -2.28. The number of aromatic nitrogens is 3. The number of carbonyl (C=O) groups is 2. The number of ether oxygens (including phenoxy) is 2. The highest BCUT2D eigenvalue weighted by Gasteiger charge is 2.31. The molecule has 3 aromatic heterocycles. The van der Waals surface area contributed by atoms with E-state index in [4.69, 9.17) is 21.1 Å².